The van der Waals surface area contributed by atoms with Crippen LogP contribution in [-0.2, 0) is 0 Å². The van der Waals surface area contributed by atoms with Gasteiger partial charge in [0.1, 0.15) is 5.82 Å². The molecule has 0 amide bonds. The third kappa shape index (κ3) is 2.47. The molecule has 0 N–H and O–H groups in total. The molecule has 2 rings (SSSR count). The minimum absolute atomic E-state index is 0.0162. The van der Waals surface area contributed by atoms with Crippen LogP contribution in [0.3, 0.4) is 0 Å². The van der Waals surface area contributed by atoms with Crippen molar-refractivity contribution >= 4 is 33.3 Å². The molecule has 18 heavy (non-hydrogen) atoms. The lowest BCUT2D eigenvalue weighted by Gasteiger charge is -2.07. The Morgan fingerprint density at radius 2 is 1.89 bits per heavy atom. The van der Waals surface area contributed by atoms with Crippen molar-refractivity contribution in [2.45, 2.75) is 6.92 Å². The van der Waals surface area contributed by atoms with Gasteiger partial charge in [-0.15, -0.1) is 0 Å². The molecule has 92 valence electrons. The molecule has 0 unspecified atom stereocenters. The summed E-state index contributed by atoms with van der Waals surface area (Å²) < 4.78 is 14.2. The Bertz CT molecular complexity index is 625. The van der Waals surface area contributed by atoms with Gasteiger partial charge in [0.15, 0.2) is 5.78 Å². The maximum Gasteiger partial charge on any atom is 0.196 e. The fourth-order valence-electron chi connectivity index (χ4n) is 1.67. The van der Waals surface area contributed by atoms with Gasteiger partial charge >= 0.3 is 0 Å². The standard InChI is InChI=1S/C14H9BrClFO/c1-8-4-2-3-5-9(8)14(18)10-6-12(16)11(15)7-13(10)17/h2-7H,1H3. The quantitative estimate of drug-likeness (QED) is 0.573. The summed E-state index contributed by atoms with van der Waals surface area (Å²) >= 11 is 9.01. The molecule has 1 nitrogen and oxygen atoms in total. The number of carbonyl (C=O) groups excluding carboxylic acids is 1. The van der Waals surface area contributed by atoms with Gasteiger partial charge in [-0.2, -0.15) is 0 Å². The van der Waals surface area contributed by atoms with Crippen LogP contribution in [0.2, 0.25) is 5.02 Å². The Balaban J connectivity index is 2.53. The normalized spacial score (nSPS) is 10.4. The van der Waals surface area contributed by atoms with E-state index in [2.05, 4.69) is 15.9 Å². The van der Waals surface area contributed by atoms with Gasteiger partial charge in [-0.05, 0) is 40.5 Å². The third-order valence-corrected chi connectivity index (χ3v) is 3.84. The van der Waals surface area contributed by atoms with Crippen molar-refractivity contribution in [1.82, 2.24) is 0 Å². The second kappa shape index (κ2) is 5.21. The van der Waals surface area contributed by atoms with Crippen LogP contribution in [0.1, 0.15) is 21.5 Å². The smallest absolute Gasteiger partial charge is 0.196 e. The van der Waals surface area contributed by atoms with E-state index in [1.807, 2.05) is 19.1 Å². The number of hydrogen-bond acceptors (Lipinski definition) is 1. The average molecular weight is 328 g/mol. The lowest BCUT2D eigenvalue weighted by Crippen LogP contribution is -2.06. The number of hydrogen-bond donors (Lipinski definition) is 0. The molecule has 0 spiro atoms. The highest BCUT2D eigenvalue weighted by Gasteiger charge is 2.17. The predicted molar refractivity (Wildman–Crippen MR) is 73.7 cm³/mol. The summed E-state index contributed by atoms with van der Waals surface area (Å²) in [5.74, 6) is -0.945. The second-order valence-electron chi connectivity index (χ2n) is 3.89. The first-order chi connectivity index (χ1) is 8.50. The SMILES string of the molecule is Cc1ccccc1C(=O)c1cc(Cl)c(Br)cc1F. The number of benzene rings is 2. The Morgan fingerprint density at radius 1 is 1.22 bits per heavy atom. The van der Waals surface area contributed by atoms with Gasteiger partial charge in [0.05, 0.1) is 10.6 Å². The maximum atomic E-state index is 13.8. The van der Waals surface area contributed by atoms with Crippen LogP contribution in [0, 0.1) is 12.7 Å². The molecule has 2 aromatic carbocycles. The molecule has 0 aliphatic heterocycles. The molecule has 0 aliphatic rings. The lowest BCUT2D eigenvalue weighted by atomic mass is 9.99. The Hall–Kier alpha value is -1.19. The van der Waals surface area contributed by atoms with E-state index in [1.165, 1.54) is 12.1 Å². The van der Waals surface area contributed by atoms with E-state index in [1.54, 1.807) is 12.1 Å². The van der Waals surface area contributed by atoms with Crippen LogP contribution >= 0.6 is 27.5 Å². The molecule has 0 heterocycles. The Morgan fingerprint density at radius 3 is 2.56 bits per heavy atom. The number of aryl methyl sites for hydroxylation is 1. The summed E-state index contributed by atoms with van der Waals surface area (Å²) in [5, 5.41) is 0.313. The van der Waals surface area contributed by atoms with Crippen LogP contribution < -0.4 is 0 Å². The molecule has 0 saturated heterocycles. The van der Waals surface area contributed by atoms with Gasteiger partial charge < -0.3 is 0 Å². The van der Waals surface area contributed by atoms with Gasteiger partial charge in [-0.3, -0.25) is 4.79 Å². The maximum absolute atomic E-state index is 13.8. The van der Waals surface area contributed by atoms with Gasteiger partial charge in [-0.1, -0.05) is 35.9 Å². The summed E-state index contributed by atoms with van der Waals surface area (Å²) in [7, 11) is 0. The van der Waals surface area contributed by atoms with E-state index >= 15 is 0 Å². The van der Waals surface area contributed by atoms with Gasteiger partial charge in [0.25, 0.3) is 0 Å². The van der Waals surface area contributed by atoms with Crippen molar-refractivity contribution in [1.29, 1.82) is 0 Å². The van der Waals surface area contributed by atoms with Crippen LogP contribution in [0.5, 0.6) is 0 Å². The molecule has 0 fully saturated rings. The summed E-state index contributed by atoms with van der Waals surface area (Å²) in [6, 6.07) is 9.61. The summed E-state index contributed by atoms with van der Waals surface area (Å²) in [4.78, 5) is 12.2. The third-order valence-electron chi connectivity index (χ3n) is 2.64. The topological polar surface area (TPSA) is 17.1 Å². The van der Waals surface area contributed by atoms with E-state index in [0.717, 1.165) is 5.56 Å². The molecular formula is C14H9BrClFO. The second-order valence-corrected chi connectivity index (χ2v) is 5.15. The number of rotatable bonds is 2. The van der Waals surface area contributed by atoms with Crippen molar-refractivity contribution in [2.75, 3.05) is 0 Å². The van der Waals surface area contributed by atoms with E-state index < -0.39 is 5.82 Å². The first-order valence-corrected chi connectivity index (χ1v) is 6.42. The number of carbonyl (C=O) groups is 1. The van der Waals surface area contributed by atoms with Crippen LogP contribution in [-0.4, -0.2) is 5.78 Å². The Labute approximate surface area is 118 Å². The van der Waals surface area contributed by atoms with E-state index in [0.29, 0.717) is 15.1 Å². The van der Waals surface area contributed by atoms with Crippen molar-refractivity contribution in [3.05, 3.63) is 68.4 Å². The molecule has 0 atom stereocenters. The van der Waals surface area contributed by atoms with Crippen LogP contribution in [0.25, 0.3) is 0 Å². The zero-order valence-corrected chi connectivity index (χ0v) is 11.8. The lowest BCUT2D eigenvalue weighted by molar-refractivity contribution is 0.103. The highest BCUT2D eigenvalue weighted by Crippen LogP contribution is 2.27. The summed E-state index contributed by atoms with van der Waals surface area (Å²) in [6.45, 7) is 1.81. The molecule has 0 bridgehead atoms. The van der Waals surface area contributed by atoms with E-state index in [4.69, 9.17) is 11.6 Å². The molecule has 0 saturated carbocycles. The van der Waals surface area contributed by atoms with E-state index in [9.17, 15) is 9.18 Å². The summed E-state index contributed by atoms with van der Waals surface area (Å²) in [6.07, 6.45) is 0. The van der Waals surface area contributed by atoms with Crippen LogP contribution in [0.4, 0.5) is 4.39 Å². The van der Waals surface area contributed by atoms with Gasteiger partial charge in [0, 0.05) is 10.0 Å². The average Bonchev–Trinajstić information content (AvgIpc) is 2.33. The fraction of sp³-hybridized carbons (Fsp3) is 0.0714. The highest BCUT2D eigenvalue weighted by molar-refractivity contribution is 9.10. The minimum atomic E-state index is -0.584. The number of ketones is 1. The summed E-state index contributed by atoms with van der Waals surface area (Å²) in [5.41, 5.74) is 1.27. The van der Waals surface area contributed by atoms with Crippen molar-refractivity contribution in [3.63, 3.8) is 0 Å². The zero-order valence-electron chi connectivity index (χ0n) is 9.51. The molecule has 2 aromatic rings. The molecule has 0 aliphatic carbocycles. The van der Waals surface area contributed by atoms with Crippen molar-refractivity contribution in [3.8, 4) is 0 Å². The van der Waals surface area contributed by atoms with Crippen molar-refractivity contribution < 1.29 is 9.18 Å². The van der Waals surface area contributed by atoms with Crippen LogP contribution in [0.15, 0.2) is 40.9 Å². The first kappa shape index (κ1) is 13.2. The largest absolute Gasteiger partial charge is 0.288 e. The molecular weight excluding hydrogens is 319 g/mol. The highest BCUT2D eigenvalue weighted by atomic mass is 79.9. The van der Waals surface area contributed by atoms with Gasteiger partial charge in [-0.25, -0.2) is 4.39 Å². The van der Waals surface area contributed by atoms with Gasteiger partial charge in [0.2, 0.25) is 0 Å². The molecule has 0 aromatic heterocycles. The fourth-order valence-corrected chi connectivity index (χ4v) is 2.15. The number of halogens is 3. The molecule has 0 radical (unpaired) electrons. The predicted octanol–water partition coefficient (Wildman–Crippen LogP) is 4.78. The zero-order chi connectivity index (χ0) is 13.3. The first-order valence-electron chi connectivity index (χ1n) is 5.25. The van der Waals surface area contributed by atoms with Crippen molar-refractivity contribution in [2.24, 2.45) is 0 Å². The van der Waals surface area contributed by atoms with E-state index in [-0.39, 0.29) is 11.3 Å². The molecule has 4 heteroatoms. The minimum Gasteiger partial charge on any atom is -0.288 e. The Kier molecular flexibility index (Phi) is 3.83. The monoisotopic (exact) mass is 326 g/mol.